The number of benzene rings is 1. The molecule has 0 unspecified atom stereocenters. The van der Waals surface area contributed by atoms with Crippen molar-refractivity contribution < 1.29 is 4.79 Å². The summed E-state index contributed by atoms with van der Waals surface area (Å²) < 4.78 is 0. The van der Waals surface area contributed by atoms with E-state index in [0.717, 1.165) is 5.56 Å². The number of hydrogen-bond acceptors (Lipinski definition) is 1. The fraction of sp³-hybridized carbons (Fsp3) is 0.182. The summed E-state index contributed by atoms with van der Waals surface area (Å²) in [7, 11) is 0. The minimum atomic E-state index is -0.0335. The molecule has 0 saturated heterocycles. The van der Waals surface area contributed by atoms with Crippen molar-refractivity contribution in [3.05, 3.63) is 40.9 Å². The standard InChI is InChI=1S/C11H12ClNO/c1-9(14)13-8-4-6-10-5-2-3-7-11(10)12/h2-7H,8H2,1H3,(H,13,14)/b6-4+. The molecule has 0 radical (unpaired) electrons. The molecule has 0 bridgehead atoms. The van der Waals surface area contributed by atoms with Crippen molar-refractivity contribution in [3.63, 3.8) is 0 Å². The Morgan fingerprint density at radius 2 is 2.21 bits per heavy atom. The van der Waals surface area contributed by atoms with Crippen LogP contribution in [0.5, 0.6) is 0 Å². The van der Waals surface area contributed by atoms with E-state index < -0.39 is 0 Å². The van der Waals surface area contributed by atoms with E-state index in [2.05, 4.69) is 5.32 Å². The molecule has 2 nitrogen and oxygen atoms in total. The summed E-state index contributed by atoms with van der Waals surface area (Å²) in [5.41, 5.74) is 0.958. The van der Waals surface area contributed by atoms with Gasteiger partial charge in [0, 0.05) is 18.5 Å². The number of nitrogens with one attached hydrogen (secondary N) is 1. The van der Waals surface area contributed by atoms with Crippen LogP contribution in [0.3, 0.4) is 0 Å². The Morgan fingerprint density at radius 3 is 2.86 bits per heavy atom. The molecule has 1 N–H and O–H groups in total. The number of carbonyl (C=O) groups excluding carboxylic acids is 1. The maximum absolute atomic E-state index is 10.6. The van der Waals surface area contributed by atoms with E-state index in [1.807, 2.05) is 36.4 Å². The first kappa shape index (κ1) is 10.8. The van der Waals surface area contributed by atoms with Gasteiger partial charge in [-0.1, -0.05) is 42.0 Å². The highest BCUT2D eigenvalue weighted by Gasteiger charge is 1.92. The van der Waals surface area contributed by atoms with E-state index in [9.17, 15) is 4.79 Å². The van der Waals surface area contributed by atoms with Gasteiger partial charge in [0.15, 0.2) is 0 Å². The number of hydrogen-bond donors (Lipinski definition) is 1. The third kappa shape index (κ3) is 3.62. The van der Waals surface area contributed by atoms with Crippen LogP contribution in [0.1, 0.15) is 12.5 Å². The monoisotopic (exact) mass is 209 g/mol. The Labute approximate surface area is 88.6 Å². The summed E-state index contributed by atoms with van der Waals surface area (Å²) in [4.78, 5) is 10.6. The Kier molecular flexibility index (Phi) is 4.20. The van der Waals surface area contributed by atoms with Gasteiger partial charge in [-0.15, -0.1) is 0 Å². The summed E-state index contributed by atoms with van der Waals surface area (Å²) >= 11 is 5.93. The average Bonchev–Trinajstić information content (AvgIpc) is 2.15. The van der Waals surface area contributed by atoms with Gasteiger partial charge in [0.2, 0.25) is 5.91 Å². The largest absolute Gasteiger partial charge is 0.353 e. The molecule has 3 heteroatoms. The quantitative estimate of drug-likeness (QED) is 0.814. The molecule has 1 aromatic carbocycles. The van der Waals surface area contributed by atoms with Gasteiger partial charge in [0.05, 0.1) is 0 Å². The third-order valence-electron chi connectivity index (χ3n) is 1.67. The second-order valence-corrected chi connectivity index (χ2v) is 3.27. The van der Waals surface area contributed by atoms with E-state index in [0.29, 0.717) is 11.6 Å². The maximum Gasteiger partial charge on any atom is 0.217 e. The fourth-order valence-electron chi connectivity index (χ4n) is 0.999. The lowest BCUT2D eigenvalue weighted by Crippen LogP contribution is -2.19. The zero-order valence-corrected chi connectivity index (χ0v) is 8.71. The SMILES string of the molecule is CC(=O)NC/C=C/c1ccccc1Cl. The molecule has 74 valence electrons. The molecule has 0 saturated carbocycles. The van der Waals surface area contributed by atoms with Crippen LogP contribution in [0.4, 0.5) is 0 Å². The van der Waals surface area contributed by atoms with Crippen LogP contribution in [-0.2, 0) is 4.79 Å². The molecule has 1 amide bonds. The first-order chi connectivity index (χ1) is 6.70. The van der Waals surface area contributed by atoms with Crippen LogP contribution >= 0.6 is 11.6 Å². The van der Waals surface area contributed by atoms with Crippen molar-refractivity contribution in [3.8, 4) is 0 Å². The normalized spacial score (nSPS) is 10.4. The Morgan fingerprint density at radius 1 is 1.50 bits per heavy atom. The Balaban J connectivity index is 2.52. The fourth-order valence-corrected chi connectivity index (χ4v) is 1.20. The lowest BCUT2D eigenvalue weighted by Gasteiger charge is -1.97. The van der Waals surface area contributed by atoms with E-state index in [1.54, 1.807) is 0 Å². The molecule has 0 aliphatic heterocycles. The molecule has 0 spiro atoms. The van der Waals surface area contributed by atoms with E-state index in [4.69, 9.17) is 11.6 Å². The van der Waals surface area contributed by atoms with Gasteiger partial charge >= 0.3 is 0 Å². The van der Waals surface area contributed by atoms with Crippen molar-refractivity contribution in [2.24, 2.45) is 0 Å². The second kappa shape index (κ2) is 5.45. The van der Waals surface area contributed by atoms with Crippen molar-refractivity contribution in [1.82, 2.24) is 5.32 Å². The lowest BCUT2D eigenvalue weighted by molar-refractivity contribution is -0.118. The summed E-state index contributed by atoms with van der Waals surface area (Å²) in [5, 5.41) is 3.38. The van der Waals surface area contributed by atoms with Crippen molar-refractivity contribution in [2.45, 2.75) is 6.92 Å². The zero-order chi connectivity index (χ0) is 10.4. The topological polar surface area (TPSA) is 29.1 Å². The summed E-state index contributed by atoms with van der Waals surface area (Å²) in [6, 6.07) is 7.56. The van der Waals surface area contributed by atoms with Crippen molar-refractivity contribution >= 4 is 23.6 Å². The van der Waals surface area contributed by atoms with Crippen LogP contribution in [-0.4, -0.2) is 12.5 Å². The van der Waals surface area contributed by atoms with Gasteiger partial charge in [-0.25, -0.2) is 0 Å². The molecule has 0 aliphatic rings. The van der Waals surface area contributed by atoms with Crippen molar-refractivity contribution in [1.29, 1.82) is 0 Å². The molecule has 0 heterocycles. The Bertz CT molecular complexity index is 347. The molecular weight excluding hydrogens is 198 g/mol. The van der Waals surface area contributed by atoms with E-state index >= 15 is 0 Å². The van der Waals surface area contributed by atoms with Crippen LogP contribution in [0.15, 0.2) is 30.3 Å². The van der Waals surface area contributed by atoms with E-state index in [1.165, 1.54) is 6.92 Å². The first-order valence-corrected chi connectivity index (χ1v) is 4.73. The highest BCUT2D eigenvalue weighted by Crippen LogP contribution is 2.15. The van der Waals surface area contributed by atoms with E-state index in [-0.39, 0.29) is 5.91 Å². The maximum atomic E-state index is 10.6. The van der Waals surface area contributed by atoms with Gasteiger partial charge in [-0.05, 0) is 11.6 Å². The Hall–Kier alpha value is -1.28. The summed E-state index contributed by atoms with van der Waals surface area (Å²) in [6.07, 6.45) is 3.75. The molecule has 1 aromatic rings. The zero-order valence-electron chi connectivity index (χ0n) is 7.96. The molecule has 0 aromatic heterocycles. The van der Waals surface area contributed by atoms with Gasteiger partial charge < -0.3 is 5.32 Å². The van der Waals surface area contributed by atoms with Gasteiger partial charge in [0.25, 0.3) is 0 Å². The van der Waals surface area contributed by atoms with Crippen LogP contribution in [0, 0.1) is 0 Å². The predicted octanol–water partition coefficient (Wildman–Crippen LogP) is 2.49. The molecular formula is C11H12ClNO. The number of rotatable bonds is 3. The number of carbonyl (C=O) groups is 1. The molecule has 0 atom stereocenters. The van der Waals surface area contributed by atoms with Crippen LogP contribution in [0.25, 0.3) is 6.08 Å². The highest BCUT2D eigenvalue weighted by atomic mass is 35.5. The predicted molar refractivity (Wildman–Crippen MR) is 59.2 cm³/mol. The summed E-state index contributed by atoms with van der Waals surface area (Å²) in [5.74, 6) is -0.0335. The van der Waals surface area contributed by atoms with Gasteiger partial charge in [-0.2, -0.15) is 0 Å². The molecule has 0 aliphatic carbocycles. The van der Waals surface area contributed by atoms with Crippen molar-refractivity contribution in [2.75, 3.05) is 6.54 Å². The lowest BCUT2D eigenvalue weighted by atomic mass is 10.2. The second-order valence-electron chi connectivity index (χ2n) is 2.86. The number of amides is 1. The van der Waals surface area contributed by atoms with Gasteiger partial charge in [0.1, 0.15) is 0 Å². The molecule has 0 fully saturated rings. The smallest absolute Gasteiger partial charge is 0.217 e. The third-order valence-corrected chi connectivity index (χ3v) is 2.02. The van der Waals surface area contributed by atoms with Gasteiger partial charge in [-0.3, -0.25) is 4.79 Å². The highest BCUT2D eigenvalue weighted by molar-refractivity contribution is 6.32. The summed E-state index contributed by atoms with van der Waals surface area (Å²) in [6.45, 7) is 2.02. The van der Waals surface area contributed by atoms with Crippen LogP contribution in [0.2, 0.25) is 5.02 Å². The minimum absolute atomic E-state index is 0.0335. The average molecular weight is 210 g/mol. The molecule has 1 rings (SSSR count). The number of halogens is 1. The van der Waals surface area contributed by atoms with Crippen LogP contribution < -0.4 is 5.32 Å². The first-order valence-electron chi connectivity index (χ1n) is 4.35. The molecule has 14 heavy (non-hydrogen) atoms. The minimum Gasteiger partial charge on any atom is -0.353 e.